The molecule has 2 rings (SSSR count). The molecule has 0 fully saturated rings. The number of aliphatic hydroxyl groups is 1. The van der Waals surface area contributed by atoms with Gasteiger partial charge in [-0.25, -0.2) is 8.42 Å². The SMILES string of the molecule is O=S(=O)(N[C@H](c1ccco1)[C@@H](Cl)CO)c1ccccc1. The number of hydrogen-bond acceptors (Lipinski definition) is 4. The van der Waals surface area contributed by atoms with Gasteiger partial charge in [0.2, 0.25) is 10.0 Å². The van der Waals surface area contributed by atoms with E-state index in [9.17, 15) is 8.42 Å². The van der Waals surface area contributed by atoms with Crippen molar-refractivity contribution in [3.8, 4) is 0 Å². The molecule has 0 amide bonds. The topological polar surface area (TPSA) is 79.5 Å². The Labute approximate surface area is 122 Å². The minimum absolute atomic E-state index is 0.123. The fourth-order valence-corrected chi connectivity index (χ4v) is 3.25. The highest BCUT2D eigenvalue weighted by Gasteiger charge is 2.28. The largest absolute Gasteiger partial charge is 0.468 e. The van der Waals surface area contributed by atoms with Gasteiger partial charge in [0.15, 0.2) is 0 Å². The summed E-state index contributed by atoms with van der Waals surface area (Å²) >= 11 is 5.98. The van der Waals surface area contributed by atoms with Gasteiger partial charge in [0, 0.05) is 0 Å². The second kappa shape index (κ2) is 6.41. The highest BCUT2D eigenvalue weighted by molar-refractivity contribution is 7.89. The molecular formula is C13H14ClNO4S. The van der Waals surface area contributed by atoms with Gasteiger partial charge in [0.25, 0.3) is 0 Å². The molecule has 0 saturated carbocycles. The van der Waals surface area contributed by atoms with Gasteiger partial charge >= 0.3 is 0 Å². The van der Waals surface area contributed by atoms with Crippen LogP contribution in [0.4, 0.5) is 0 Å². The van der Waals surface area contributed by atoms with E-state index in [1.807, 2.05) is 0 Å². The summed E-state index contributed by atoms with van der Waals surface area (Å²) in [7, 11) is -3.75. The zero-order chi connectivity index (χ0) is 14.6. The Hall–Kier alpha value is -1.34. The van der Waals surface area contributed by atoms with Gasteiger partial charge in [0.05, 0.1) is 29.2 Å². The third-order valence-electron chi connectivity index (χ3n) is 2.72. The van der Waals surface area contributed by atoms with Crippen LogP contribution in [-0.2, 0) is 10.0 Å². The van der Waals surface area contributed by atoms with Crippen LogP contribution in [-0.4, -0.2) is 25.5 Å². The lowest BCUT2D eigenvalue weighted by Crippen LogP contribution is -2.35. The predicted octanol–water partition coefficient (Wildman–Crippen LogP) is 1.90. The first-order valence-corrected chi connectivity index (χ1v) is 7.82. The van der Waals surface area contributed by atoms with Crippen LogP contribution in [0, 0.1) is 0 Å². The Morgan fingerprint density at radius 1 is 1.20 bits per heavy atom. The van der Waals surface area contributed by atoms with E-state index in [1.54, 1.807) is 30.3 Å². The minimum Gasteiger partial charge on any atom is -0.468 e. The number of benzene rings is 1. The number of aliphatic hydroxyl groups excluding tert-OH is 1. The van der Waals surface area contributed by atoms with Crippen molar-refractivity contribution in [2.45, 2.75) is 16.3 Å². The van der Waals surface area contributed by atoms with Crippen LogP contribution >= 0.6 is 11.6 Å². The third-order valence-corrected chi connectivity index (χ3v) is 4.57. The molecule has 108 valence electrons. The van der Waals surface area contributed by atoms with Gasteiger partial charge < -0.3 is 9.52 Å². The smallest absolute Gasteiger partial charge is 0.241 e. The summed E-state index contributed by atoms with van der Waals surface area (Å²) in [5.74, 6) is 0.346. The molecule has 2 aromatic rings. The van der Waals surface area contributed by atoms with Crippen LogP contribution in [0.15, 0.2) is 58.0 Å². The molecule has 1 heterocycles. The molecule has 0 aliphatic rings. The van der Waals surface area contributed by atoms with Gasteiger partial charge in [-0.15, -0.1) is 11.6 Å². The normalized spacial score (nSPS) is 14.9. The Morgan fingerprint density at radius 2 is 1.90 bits per heavy atom. The summed E-state index contributed by atoms with van der Waals surface area (Å²) in [4.78, 5) is 0.123. The molecule has 2 N–H and O–H groups in total. The van der Waals surface area contributed by atoms with E-state index in [4.69, 9.17) is 21.1 Å². The summed E-state index contributed by atoms with van der Waals surface area (Å²) in [6.07, 6.45) is 1.42. The zero-order valence-electron chi connectivity index (χ0n) is 10.4. The van der Waals surface area contributed by atoms with Crippen molar-refractivity contribution in [1.29, 1.82) is 0 Å². The highest BCUT2D eigenvalue weighted by atomic mass is 35.5. The van der Waals surface area contributed by atoms with Crippen molar-refractivity contribution >= 4 is 21.6 Å². The number of hydrogen-bond donors (Lipinski definition) is 2. The summed E-state index contributed by atoms with van der Waals surface area (Å²) < 4.78 is 32.2. The molecule has 0 aliphatic heterocycles. The summed E-state index contributed by atoms with van der Waals surface area (Å²) in [5.41, 5.74) is 0. The molecule has 1 aromatic heterocycles. The second-order valence-electron chi connectivity index (χ2n) is 4.13. The number of halogens is 1. The third kappa shape index (κ3) is 3.40. The van der Waals surface area contributed by atoms with E-state index >= 15 is 0 Å². The summed E-state index contributed by atoms with van der Waals surface area (Å²) in [5, 5.41) is 8.33. The van der Waals surface area contributed by atoms with E-state index in [0.29, 0.717) is 5.76 Å². The summed E-state index contributed by atoms with van der Waals surface area (Å²) in [6.45, 7) is -0.385. The fourth-order valence-electron chi connectivity index (χ4n) is 1.72. The Bertz CT molecular complexity index is 628. The summed E-state index contributed by atoms with van der Waals surface area (Å²) in [6, 6.07) is 10.3. The van der Waals surface area contributed by atoms with Crippen LogP contribution in [0.2, 0.25) is 0 Å². The van der Waals surface area contributed by atoms with Crippen molar-refractivity contribution < 1.29 is 17.9 Å². The predicted molar refractivity (Wildman–Crippen MR) is 74.9 cm³/mol. The number of alkyl halides is 1. The van der Waals surface area contributed by atoms with Crippen LogP contribution in [0.5, 0.6) is 0 Å². The van der Waals surface area contributed by atoms with E-state index in [1.165, 1.54) is 18.4 Å². The van der Waals surface area contributed by atoms with Crippen molar-refractivity contribution in [2.75, 3.05) is 6.61 Å². The Morgan fingerprint density at radius 3 is 2.45 bits per heavy atom. The molecule has 0 radical (unpaired) electrons. The molecule has 7 heteroatoms. The van der Waals surface area contributed by atoms with Crippen LogP contribution in [0.3, 0.4) is 0 Å². The molecule has 0 bridgehead atoms. The second-order valence-corrected chi connectivity index (χ2v) is 6.40. The molecule has 5 nitrogen and oxygen atoms in total. The number of sulfonamides is 1. The maximum atomic E-state index is 12.3. The van der Waals surface area contributed by atoms with E-state index in [0.717, 1.165) is 0 Å². The average molecular weight is 316 g/mol. The van der Waals surface area contributed by atoms with E-state index in [-0.39, 0.29) is 11.5 Å². The van der Waals surface area contributed by atoms with E-state index < -0.39 is 21.4 Å². The first kappa shape index (κ1) is 15.1. The minimum atomic E-state index is -3.75. The molecule has 0 spiro atoms. The van der Waals surface area contributed by atoms with E-state index in [2.05, 4.69) is 4.72 Å². The average Bonchev–Trinajstić information content (AvgIpc) is 2.99. The first-order valence-electron chi connectivity index (χ1n) is 5.90. The van der Waals surface area contributed by atoms with Gasteiger partial charge in [0.1, 0.15) is 5.76 Å². The van der Waals surface area contributed by atoms with Gasteiger partial charge in [-0.3, -0.25) is 0 Å². The van der Waals surface area contributed by atoms with Crippen molar-refractivity contribution in [3.63, 3.8) is 0 Å². The Kier molecular flexibility index (Phi) is 4.82. The molecular weight excluding hydrogens is 302 g/mol. The van der Waals surface area contributed by atoms with Gasteiger partial charge in [-0.1, -0.05) is 18.2 Å². The maximum absolute atomic E-state index is 12.3. The van der Waals surface area contributed by atoms with Crippen molar-refractivity contribution in [3.05, 3.63) is 54.5 Å². The van der Waals surface area contributed by atoms with Gasteiger partial charge in [-0.05, 0) is 24.3 Å². The van der Waals surface area contributed by atoms with Crippen LogP contribution in [0.25, 0.3) is 0 Å². The molecule has 2 atom stereocenters. The van der Waals surface area contributed by atoms with Crippen LogP contribution in [0.1, 0.15) is 11.8 Å². The molecule has 1 aromatic carbocycles. The van der Waals surface area contributed by atoms with Crippen LogP contribution < -0.4 is 4.72 Å². The lowest BCUT2D eigenvalue weighted by molar-refractivity contribution is 0.268. The van der Waals surface area contributed by atoms with Crippen molar-refractivity contribution in [2.24, 2.45) is 0 Å². The molecule has 0 unspecified atom stereocenters. The van der Waals surface area contributed by atoms with Gasteiger partial charge in [-0.2, -0.15) is 4.72 Å². The number of rotatable bonds is 6. The lowest BCUT2D eigenvalue weighted by atomic mass is 10.2. The highest BCUT2D eigenvalue weighted by Crippen LogP contribution is 2.24. The lowest BCUT2D eigenvalue weighted by Gasteiger charge is -2.20. The molecule has 20 heavy (non-hydrogen) atoms. The zero-order valence-corrected chi connectivity index (χ0v) is 12.0. The fraction of sp³-hybridized carbons (Fsp3) is 0.231. The maximum Gasteiger partial charge on any atom is 0.241 e. The number of nitrogens with one attached hydrogen (secondary N) is 1. The molecule has 0 aliphatic carbocycles. The quantitative estimate of drug-likeness (QED) is 0.798. The monoisotopic (exact) mass is 315 g/mol. The first-order chi connectivity index (χ1) is 9.54. The Balaban J connectivity index is 2.29. The van der Waals surface area contributed by atoms with Crippen molar-refractivity contribution in [1.82, 2.24) is 4.72 Å². The molecule has 0 saturated heterocycles. The number of furan rings is 1. The standard InChI is InChI=1S/C13H14ClNO4S/c14-11(9-16)13(12-7-4-8-19-12)15-20(17,18)10-5-2-1-3-6-10/h1-8,11,13,15-16H,9H2/t11-,13-/m0/s1.